The maximum Gasteiger partial charge on any atom is 0.408 e. The molecule has 7 nitrogen and oxygen atoms in total. The summed E-state index contributed by atoms with van der Waals surface area (Å²) < 4.78 is 0. The number of hydrogen-bond donors (Lipinski definition) is 3. The van der Waals surface area contributed by atoms with Crippen LogP contribution < -0.4 is 5.32 Å². The van der Waals surface area contributed by atoms with Gasteiger partial charge < -0.3 is 15.5 Å². The van der Waals surface area contributed by atoms with Crippen LogP contribution in [0.15, 0.2) is 24.5 Å². The van der Waals surface area contributed by atoms with Gasteiger partial charge in [0.15, 0.2) is 6.10 Å². The molecule has 1 aromatic heterocycles. The number of unbranched alkanes of at least 4 members (excludes halogenated alkanes) is 1. The van der Waals surface area contributed by atoms with Crippen molar-refractivity contribution >= 4 is 12.0 Å². The minimum atomic E-state index is -1.43. The molecule has 1 heterocycles. The van der Waals surface area contributed by atoms with Crippen LogP contribution in [0.4, 0.5) is 4.79 Å². The lowest BCUT2D eigenvalue weighted by Crippen LogP contribution is -2.58. The van der Waals surface area contributed by atoms with Gasteiger partial charge in [-0.2, -0.15) is 0 Å². The van der Waals surface area contributed by atoms with Crippen molar-refractivity contribution in [1.29, 1.82) is 0 Å². The van der Waals surface area contributed by atoms with Gasteiger partial charge in [-0.15, -0.1) is 0 Å². The van der Waals surface area contributed by atoms with Crippen molar-refractivity contribution in [1.82, 2.24) is 15.2 Å². The number of nitrogens with zero attached hydrogens (tertiary/aromatic N) is 2. The average molecular weight is 351 g/mol. The summed E-state index contributed by atoms with van der Waals surface area (Å²) in [4.78, 5) is 29.3. The lowest BCUT2D eigenvalue weighted by molar-refractivity contribution is -0.134. The molecule has 0 fully saturated rings. The molecule has 0 aliphatic heterocycles. The number of nitrogens with one attached hydrogen (secondary N) is 1. The van der Waals surface area contributed by atoms with Crippen molar-refractivity contribution in [2.75, 3.05) is 0 Å². The van der Waals surface area contributed by atoms with Crippen LogP contribution in [0.1, 0.15) is 52.5 Å². The number of hydrogen-bond acceptors (Lipinski definition) is 4. The Morgan fingerprint density at radius 1 is 1.36 bits per heavy atom. The van der Waals surface area contributed by atoms with Crippen molar-refractivity contribution in [2.45, 2.75) is 71.2 Å². The normalized spacial score (nSPS) is 13.8. The van der Waals surface area contributed by atoms with Gasteiger partial charge >= 0.3 is 6.09 Å². The van der Waals surface area contributed by atoms with E-state index in [1.807, 2.05) is 13.0 Å². The Morgan fingerprint density at radius 2 is 2.04 bits per heavy atom. The summed E-state index contributed by atoms with van der Waals surface area (Å²) in [6.07, 6.45) is 2.66. The molecule has 0 saturated carbocycles. The fourth-order valence-corrected chi connectivity index (χ4v) is 2.74. The highest BCUT2D eigenvalue weighted by atomic mass is 16.4. The van der Waals surface area contributed by atoms with Crippen molar-refractivity contribution < 1.29 is 19.8 Å². The van der Waals surface area contributed by atoms with Gasteiger partial charge in [-0.3, -0.25) is 14.7 Å². The first kappa shape index (κ1) is 20.9. The number of carbonyl (C=O) groups is 2. The van der Waals surface area contributed by atoms with Gasteiger partial charge in [0.1, 0.15) is 0 Å². The Hall–Kier alpha value is -2.15. The van der Waals surface area contributed by atoms with E-state index >= 15 is 0 Å². The highest BCUT2D eigenvalue weighted by Crippen LogP contribution is 2.23. The molecule has 0 bridgehead atoms. The minimum absolute atomic E-state index is 0.229. The molecule has 0 unspecified atom stereocenters. The summed E-state index contributed by atoms with van der Waals surface area (Å²) in [5, 5.41) is 22.8. The van der Waals surface area contributed by atoms with Gasteiger partial charge in [-0.1, -0.05) is 25.8 Å². The molecule has 1 rings (SSSR count). The van der Waals surface area contributed by atoms with Gasteiger partial charge in [0.25, 0.3) is 5.91 Å². The van der Waals surface area contributed by atoms with Gasteiger partial charge in [0.2, 0.25) is 0 Å². The fraction of sp³-hybridized carbons (Fsp3) is 0.611. The third kappa shape index (κ3) is 6.34. The van der Waals surface area contributed by atoms with Gasteiger partial charge in [-0.05, 0) is 38.8 Å². The average Bonchev–Trinajstić information content (AvgIpc) is 2.55. The molecule has 0 aliphatic rings. The van der Waals surface area contributed by atoms with E-state index in [9.17, 15) is 19.8 Å². The Kier molecular flexibility index (Phi) is 7.83. The predicted molar refractivity (Wildman–Crippen MR) is 95.0 cm³/mol. The molecular formula is C18H29N3O4. The molecule has 2 amide bonds. The summed E-state index contributed by atoms with van der Waals surface area (Å²) in [6.45, 7) is 7.46. The number of aliphatic hydroxyl groups excluding tert-OH is 1. The largest absolute Gasteiger partial charge is 0.465 e. The number of aromatic nitrogens is 1. The maximum atomic E-state index is 12.4. The molecule has 140 valence electrons. The fourth-order valence-electron chi connectivity index (χ4n) is 2.74. The molecule has 2 atom stereocenters. The van der Waals surface area contributed by atoms with Gasteiger partial charge in [0.05, 0.1) is 6.04 Å². The highest BCUT2D eigenvalue weighted by molar-refractivity contribution is 5.82. The van der Waals surface area contributed by atoms with E-state index in [1.165, 1.54) is 4.90 Å². The topological polar surface area (TPSA) is 103 Å². The Labute approximate surface area is 149 Å². The van der Waals surface area contributed by atoms with E-state index in [-0.39, 0.29) is 6.54 Å². The molecular weight excluding hydrogens is 322 g/mol. The monoisotopic (exact) mass is 351 g/mol. The summed E-state index contributed by atoms with van der Waals surface area (Å²) in [6, 6.07) is 2.77. The zero-order chi connectivity index (χ0) is 19.0. The van der Waals surface area contributed by atoms with Crippen LogP contribution in [0, 0.1) is 0 Å². The van der Waals surface area contributed by atoms with Crippen LogP contribution in [-0.2, 0) is 11.3 Å². The molecule has 25 heavy (non-hydrogen) atoms. The van der Waals surface area contributed by atoms with Crippen molar-refractivity contribution in [3.8, 4) is 0 Å². The van der Waals surface area contributed by atoms with Crippen LogP contribution in [0.2, 0.25) is 0 Å². The van der Waals surface area contributed by atoms with Crippen LogP contribution in [0.3, 0.4) is 0 Å². The van der Waals surface area contributed by atoms with Crippen LogP contribution in [-0.4, -0.2) is 49.8 Å². The number of carbonyl (C=O) groups excluding carboxylic acids is 1. The smallest absolute Gasteiger partial charge is 0.408 e. The van der Waals surface area contributed by atoms with Crippen LogP contribution in [0.25, 0.3) is 0 Å². The third-order valence-electron chi connectivity index (χ3n) is 3.94. The molecule has 1 aromatic rings. The van der Waals surface area contributed by atoms with Gasteiger partial charge in [-0.25, -0.2) is 4.79 Å². The van der Waals surface area contributed by atoms with Crippen molar-refractivity contribution in [3.63, 3.8) is 0 Å². The lowest BCUT2D eigenvalue weighted by atomic mass is 9.95. The quantitative estimate of drug-likeness (QED) is 0.667. The second-order valence-corrected chi connectivity index (χ2v) is 7.06. The Balaban J connectivity index is 2.88. The van der Waals surface area contributed by atoms with E-state index < -0.39 is 29.7 Å². The Morgan fingerprint density at radius 3 is 2.52 bits per heavy atom. The van der Waals surface area contributed by atoms with E-state index in [1.54, 1.807) is 39.2 Å². The highest BCUT2D eigenvalue weighted by Gasteiger charge is 2.39. The maximum absolute atomic E-state index is 12.4. The SMILES string of the molecule is CCCC[C@@H]([C@@H](O)C(=O)NCc1cccnc1)N(C(=O)O)C(C)(C)C. The van der Waals surface area contributed by atoms with Crippen LogP contribution >= 0.6 is 0 Å². The summed E-state index contributed by atoms with van der Waals surface area (Å²) >= 11 is 0. The molecule has 0 aromatic carbocycles. The lowest BCUT2D eigenvalue weighted by Gasteiger charge is -2.41. The molecule has 0 saturated heterocycles. The minimum Gasteiger partial charge on any atom is -0.465 e. The summed E-state index contributed by atoms with van der Waals surface area (Å²) in [7, 11) is 0. The summed E-state index contributed by atoms with van der Waals surface area (Å²) in [5.74, 6) is -0.583. The van der Waals surface area contributed by atoms with Crippen molar-refractivity contribution in [3.05, 3.63) is 30.1 Å². The van der Waals surface area contributed by atoms with Crippen LogP contribution in [0.5, 0.6) is 0 Å². The van der Waals surface area contributed by atoms with Crippen molar-refractivity contribution in [2.24, 2.45) is 0 Å². The molecule has 0 radical (unpaired) electrons. The zero-order valence-electron chi connectivity index (χ0n) is 15.4. The second-order valence-electron chi connectivity index (χ2n) is 7.06. The molecule has 0 spiro atoms. The van der Waals surface area contributed by atoms with Gasteiger partial charge in [0, 0.05) is 24.5 Å². The number of carboxylic acid groups (broad SMARTS) is 1. The molecule has 0 aliphatic carbocycles. The second kappa shape index (κ2) is 9.36. The zero-order valence-corrected chi connectivity index (χ0v) is 15.4. The van der Waals surface area contributed by atoms with E-state index in [4.69, 9.17) is 0 Å². The first-order valence-corrected chi connectivity index (χ1v) is 8.55. The number of aliphatic hydroxyl groups is 1. The predicted octanol–water partition coefficient (Wildman–Crippen LogP) is 2.40. The van der Waals surface area contributed by atoms with E-state index in [0.717, 1.165) is 18.4 Å². The number of pyridine rings is 1. The standard InChI is InChI=1S/C18H29N3O4/c1-5-6-9-14(21(17(24)25)18(2,3)4)15(22)16(23)20-12-13-8-7-10-19-11-13/h7-8,10-11,14-15,22H,5-6,9,12H2,1-4H3,(H,20,23)(H,24,25)/t14-,15+/m0/s1. The molecule has 7 heteroatoms. The first-order chi connectivity index (χ1) is 11.7. The molecule has 3 N–H and O–H groups in total. The van der Waals surface area contributed by atoms with E-state index in [0.29, 0.717) is 6.42 Å². The third-order valence-corrected chi connectivity index (χ3v) is 3.94. The van der Waals surface area contributed by atoms with E-state index in [2.05, 4.69) is 10.3 Å². The summed E-state index contributed by atoms with van der Waals surface area (Å²) in [5.41, 5.74) is 0.0774. The Bertz CT molecular complexity index is 557. The first-order valence-electron chi connectivity index (χ1n) is 8.55. The number of amides is 2. The number of rotatable bonds is 8.